The van der Waals surface area contributed by atoms with Crippen molar-refractivity contribution in [3.05, 3.63) is 22.9 Å². The molecule has 150 valence electrons. The van der Waals surface area contributed by atoms with Gasteiger partial charge in [0, 0.05) is 23.4 Å². The number of ether oxygens (including phenoxy) is 1. The van der Waals surface area contributed by atoms with Gasteiger partial charge in [-0.05, 0) is 39.5 Å². The molecular weight excluding hydrogens is 356 g/mol. The number of hydrogen-bond acceptors (Lipinski definition) is 5. The Morgan fingerprint density at radius 1 is 1.39 bits per heavy atom. The number of rotatable bonds is 1. The van der Waals surface area contributed by atoms with Crippen molar-refractivity contribution in [2.45, 2.75) is 65.4 Å². The number of anilines is 1. The zero-order chi connectivity index (χ0) is 21.1. The summed E-state index contributed by atoms with van der Waals surface area (Å²) in [5.74, 6) is 0.524. The second kappa shape index (κ2) is 6.20. The normalized spacial score (nSPS) is 25.9. The van der Waals surface area contributed by atoms with Crippen LogP contribution in [0, 0.1) is 22.7 Å². The van der Waals surface area contributed by atoms with Crippen LogP contribution in [0.1, 0.15) is 59.2 Å². The van der Waals surface area contributed by atoms with Crippen molar-refractivity contribution in [2.75, 3.05) is 5.32 Å². The van der Waals surface area contributed by atoms with Crippen molar-refractivity contribution >= 4 is 17.7 Å². The van der Waals surface area contributed by atoms with Crippen LogP contribution in [-0.4, -0.2) is 27.3 Å². The molecule has 1 amide bonds. The summed E-state index contributed by atoms with van der Waals surface area (Å²) in [7, 11) is 1.78. The summed E-state index contributed by atoms with van der Waals surface area (Å²) in [6.45, 7) is 11.3. The van der Waals surface area contributed by atoms with E-state index in [1.54, 1.807) is 17.8 Å². The van der Waals surface area contributed by atoms with E-state index in [1.165, 1.54) is 0 Å². The molecular formula is C21H28N4O3. The van der Waals surface area contributed by atoms with E-state index in [4.69, 9.17) is 9.84 Å². The molecule has 0 radical (unpaired) electrons. The van der Waals surface area contributed by atoms with Crippen LogP contribution in [0.3, 0.4) is 0 Å². The highest BCUT2D eigenvalue weighted by Gasteiger charge is 2.55. The lowest BCUT2D eigenvalue weighted by Gasteiger charge is -2.49. The van der Waals surface area contributed by atoms with Gasteiger partial charge in [0.05, 0.1) is 11.3 Å². The Labute approximate surface area is 165 Å². The number of hydrogen-bond donors (Lipinski definition) is 1. The Balaban J connectivity index is 2.07. The minimum absolute atomic E-state index is 0.0291. The Morgan fingerprint density at radius 3 is 2.61 bits per heavy atom. The Hall–Kier alpha value is -2.62. The van der Waals surface area contributed by atoms with Gasteiger partial charge in [0.2, 0.25) is 0 Å². The van der Waals surface area contributed by atoms with Gasteiger partial charge in [-0.15, -0.1) is 0 Å². The summed E-state index contributed by atoms with van der Waals surface area (Å²) in [5.41, 5.74) is 0.128. The Kier molecular flexibility index (Phi) is 4.45. The van der Waals surface area contributed by atoms with Gasteiger partial charge >= 0.3 is 6.09 Å². The Morgan fingerprint density at radius 2 is 2.04 bits per heavy atom. The number of Topliss-reactive ketones (excluding diaryl/α,β-unsaturated/α-hetero) is 1. The molecule has 2 aliphatic carbocycles. The van der Waals surface area contributed by atoms with E-state index in [-0.39, 0.29) is 17.3 Å². The molecule has 7 heteroatoms. The number of carbonyl (C=O) groups is 2. The second-order valence-electron chi connectivity index (χ2n) is 9.52. The molecule has 28 heavy (non-hydrogen) atoms. The summed E-state index contributed by atoms with van der Waals surface area (Å²) >= 11 is 0. The highest BCUT2D eigenvalue weighted by molar-refractivity contribution is 6.04. The number of nitrogens with zero attached hydrogens (tertiary/aromatic N) is 3. The van der Waals surface area contributed by atoms with Crippen molar-refractivity contribution < 1.29 is 14.3 Å². The molecule has 0 bridgehead atoms. The quantitative estimate of drug-likeness (QED) is 0.797. The lowest BCUT2D eigenvalue weighted by atomic mass is 9.52. The van der Waals surface area contributed by atoms with Gasteiger partial charge in [-0.1, -0.05) is 26.8 Å². The number of carbonyl (C=O) groups excluding carboxylic acids is 2. The van der Waals surface area contributed by atoms with Crippen LogP contribution in [0.5, 0.6) is 0 Å². The summed E-state index contributed by atoms with van der Waals surface area (Å²) in [5, 5.41) is 17.0. The van der Waals surface area contributed by atoms with Gasteiger partial charge in [0.25, 0.3) is 0 Å². The average Bonchev–Trinajstić information content (AvgIpc) is 2.87. The van der Waals surface area contributed by atoms with Crippen molar-refractivity contribution in [1.29, 1.82) is 5.26 Å². The molecule has 0 saturated carbocycles. The van der Waals surface area contributed by atoms with Crippen LogP contribution in [0.4, 0.5) is 10.6 Å². The van der Waals surface area contributed by atoms with E-state index in [0.29, 0.717) is 12.2 Å². The molecule has 0 spiro atoms. The summed E-state index contributed by atoms with van der Waals surface area (Å²) in [4.78, 5) is 25.0. The summed E-state index contributed by atoms with van der Waals surface area (Å²) in [6, 6.07) is 2.06. The molecule has 0 saturated heterocycles. The van der Waals surface area contributed by atoms with Crippen molar-refractivity contribution in [1.82, 2.24) is 9.78 Å². The first-order chi connectivity index (χ1) is 12.8. The van der Waals surface area contributed by atoms with Crippen LogP contribution >= 0.6 is 0 Å². The van der Waals surface area contributed by atoms with Crippen LogP contribution in [-0.2, 0) is 28.4 Å². The largest absolute Gasteiger partial charge is 0.444 e. The molecule has 2 atom stereocenters. The maximum Gasteiger partial charge on any atom is 0.413 e. The summed E-state index contributed by atoms with van der Waals surface area (Å²) in [6.07, 6.45) is 2.71. The first-order valence-electron chi connectivity index (χ1n) is 9.55. The highest BCUT2D eigenvalue weighted by Crippen LogP contribution is 2.55. The number of ketones is 1. The Bertz CT molecular complexity index is 927. The molecule has 2 aliphatic rings. The van der Waals surface area contributed by atoms with Gasteiger partial charge in [0.1, 0.15) is 17.5 Å². The van der Waals surface area contributed by atoms with Gasteiger partial charge in [-0.2, -0.15) is 10.4 Å². The van der Waals surface area contributed by atoms with Gasteiger partial charge < -0.3 is 4.74 Å². The summed E-state index contributed by atoms with van der Waals surface area (Å²) < 4.78 is 7.02. The SMILES string of the molecule is Cn1nc2c(c1NC(=O)OC(C)(C)C)CC[C@H]1C(C)(C)C(=O)C(C#N)=C[C@]21C. The minimum atomic E-state index is -0.650. The van der Waals surface area contributed by atoms with E-state index < -0.39 is 22.5 Å². The minimum Gasteiger partial charge on any atom is -0.444 e. The van der Waals surface area contributed by atoms with Gasteiger partial charge in [0.15, 0.2) is 5.78 Å². The van der Waals surface area contributed by atoms with Crippen molar-refractivity contribution in [3.8, 4) is 6.07 Å². The fraction of sp³-hybridized carbons (Fsp3) is 0.619. The molecule has 1 aromatic heterocycles. The number of amides is 1. The molecule has 0 unspecified atom stereocenters. The molecule has 1 N–H and O–H groups in total. The third-order valence-corrected chi connectivity index (χ3v) is 5.95. The topological polar surface area (TPSA) is 97.0 Å². The number of fused-ring (bicyclic) bond motifs is 3. The lowest BCUT2D eigenvalue weighted by Crippen LogP contribution is -2.51. The fourth-order valence-electron chi connectivity index (χ4n) is 4.78. The predicted molar refractivity (Wildman–Crippen MR) is 105 cm³/mol. The zero-order valence-electron chi connectivity index (χ0n) is 17.6. The first kappa shape index (κ1) is 20.1. The zero-order valence-corrected chi connectivity index (χ0v) is 17.6. The standard InChI is InChI=1S/C21H28N4O3/c1-19(2,3)28-18(27)23-17-13-8-9-14-20(4,5)16(26)12(11-22)10-21(14,6)15(13)24-25(17)7/h10,14H,8-9H2,1-7H3,(H,23,27)/t14-,21-/m0/s1. The van der Waals surface area contributed by atoms with E-state index >= 15 is 0 Å². The van der Waals surface area contributed by atoms with E-state index in [9.17, 15) is 14.9 Å². The van der Waals surface area contributed by atoms with E-state index in [0.717, 1.165) is 17.7 Å². The third kappa shape index (κ3) is 3.01. The molecule has 7 nitrogen and oxygen atoms in total. The van der Waals surface area contributed by atoms with Crippen LogP contribution in [0.15, 0.2) is 11.6 Å². The lowest BCUT2D eigenvalue weighted by molar-refractivity contribution is -0.128. The number of nitrogens with one attached hydrogen (secondary N) is 1. The first-order valence-corrected chi connectivity index (χ1v) is 9.55. The molecule has 1 aromatic rings. The molecule has 1 heterocycles. The number of nitriles is 1. The number of aromatic nitrogens is 2. The van der Waals surface area contributed by atoms with Crippen LogP contribution < -0.4 is 5.32 Å². The van der Waals surface area contributed by atoms with E-state index in [1.807, 2.05) is 41.5 Å². The molecule has 0 fully saturated rings. The molecule has 0 aromatic carbocycles. The van der Waals surface area contributed by atoms with Crippen LogP contribution in [0.25, 0.3) is 0 Å². The second-order valence-corrected chi connectivity index (χ2v) is 9.52. The third-order valence-electron chi connectivity index (χ3n) is 5.95. The number of allylic oxidation sites excluding steroid dienone is 2. The molecule has 0 aliphatic heterocycles. The van der Waals surface area contributed by atoms with Crippen molar-refractivity contribution in [2.24, 2.45) is 18.4 Å². The maximum atomic E-state index is 12.7. The highest BCUT2D eigenvalue weighted by atomic mass is 16.6. The maximum absolute atomic E-state index is 12.7. The van der Waals surface area contributed by atoms with Gasteiger partial charge in [-0.25, -0.2) is 4.79 Å². The predicted octanol–water partition coefficient (Wildman–Crippen LogP) is 3.65. The van der Waals surface area contributed by atoms with Crippen LogP contribution in [0.2, 0.25) is 0 Å². The average molecular weight is 384 g/mol. The van der Waals surface area contributed by atoms with E-state index in [2.05, 4.69) is 11.4 Å². The van der Waals surface area contributed by atoms with Crippen molar-refractivity contribution in [3.63, 3.8) is 0 Å². The smallest absolute Gasteiger partial charge is 0.413 e. The monoisotopic (exact) mass is 384 g/mol. The van der Waals surface area contributed by atoms with Gasteiger partial charge in [-0.3, -0.25) is 14.8 Å². The molecule has 3 rings (SSSR count). The number of aryl methyl sites for hydroxylation is 1. The fourth-order valence-corrected chi connectivity index (χ4v) is 4.78.